The van der Waals surface area contributed by atoms with Gasteiger partial charge >= 0.3 is 0 Å². The Labute approximate surface area is 70.1 Å². The van der Waals surface area contributed by atoms with Crippen molar-refractivity contribution in [3.05, 3.63) is 11.2 Å². The summed E-state index contributed by atoms with van der Waals surface area (Å²) < 4.78 is 10.5. The molecule has 0 bridgehead atoms. The highest BCUT2D eigenvalue weighted by atomic mass is 32.5. The summed E-state index contributed by atoms with van der Waals surface area (Å²) in [6, 6.07) is 0. The first-order chi connectivity index (χ1) is 4.66. The van der Waals surface area contributed by atoms with Crippen molar-refractivity contribution < 1.29 is 9.05 Å². The summed E-state index contributed by atoms with van der Waals surface area (Å²) in [5, 5.41) is 1.96. The van der Waals surface area contributed by atoms with Crippen LogP contribution in [0.2, 0.25) is 0 Å². The van der Waals surface area contributed by atoms with Gasteiger partial charge in [0, 0.05) is 12.5 Å². The predicted molar refractivity (Wildman–Crippen MR) is 48.6 cm³/mol. The zero-order chi connectivity index (χ0) is 7.61. The topological polar surface area (TPSA) is 18.5 Å². The Balaban J connectivity index is 2.69. The fraction of sp³-hybridized carbons (Fsp3) is 0.600. The van der Waals surface area contributed by atoms with Gasteiger partial charge in [0.05, 0.1) is 5.49 Å². The van der Waals surface area contributed by atoms with Gasteiger partial charge in [-0.05, 0) is 18.7 Å². The Bertz CT molecular complexity index is 202. The number of rotatable bonds is 1. The van der Waals surface area contributed by atoms with Crippen LogP contribution in [0.4, 0.5) is 0 Å². The van der Waals surface area contributed by atoms with Crippen LogP contribution < -0.4 is 0 Å². The van der Waals surface area contributed by atoms with Crippen LogP contribution >= 0.6 is 18.3 Å². The van der Waals surface area contributed by atoms with Crippen LogP contribution in [-0.4, -0.2) is 12.6 Å². The van der Waals surface area contributed by atoms with Crippen molar-refractivity contribution >= 4 is 30.1 Å². The van der Waals surface area contributed by atoms with E-state index in [1.54, 1.807) is 18.9 Å². The van der Waals surface area contributed by atoms with E-state index in [4.69, 9.17) is 20.9 Å². The Hall–Kier alpha value is 0.500. The van der Waals surface area contributed by atoms with Gasteiger partial charge in [-0.3, -0.25) is 0 Å². The second kappa shape index (κ2) is 3.26. The largest absolute Gasteiger partial charge is 0.447 e. The third-order valence-electron chi connectivity index (χ3n) is 1.04. The third kappa shape index (κ3) is 1.99. The highest BCUT2D eigenvalue weighted by molar-refractivity contribution is 8.19. The maximum atomic E-state index is 5.37. The summed E-state index contributed by atoms with van der Waals surface area (Å²) >= 11 is 6.80. The summed E-state index contributed by atoms with van der Waals surface area (Å²) in [7, 11) is 1.61. The van der Waals surface area contributed by atoms with E-state index < -0.39 is 6.49 Å². The van der Waals surface area contributed by atoms with E-state index >= 15 is 0 Å². The second-order valence-electron chi connectivity index (χ2n) is 1.91. The Morgan fingerprint density at radius 1 is 1.90 bits per heavy atom. The quantitative estimate of drug-likeness (QED) is 0.599. The Morgan fingerprint density at radius 2 is 2.60 bits per heavy atom. The highest BCUT2D eigenvalue weighted by Gasteiger charge is 2.21. The van der Waals surface area contributed by atoms with Gasteiger partial charge in [-0.2, -0.15) is 0 Å². The molecule has 0 spiro atoms. The first kappa shape index (κ1) is 8.60. The Kier molecular flexibility index (Phi) is 2.81. The first-order valence-electron chi connectivity index (χ1n) is 2.79. The second-order valence-corrected chi connectivity index (χ2v) is 6.95. The molecule has 0 amide bonds. The van der Waals surface area contributed by atoms with Gasteiger partial charge in [0.2, 0.25) is 6.49 Å². The molecule has 2 nitrogen and oxygen atoms in total. The molecule has 5 heteroatoms. The molecule has 0 unspecified atom stereocenters. The van der Waals surface area contributed by atoms with Crippen LogP contribution in [-0.2, 0) is 20.9 Å². The van der Waals surface area contributed by atoms with Crippen molar-refractivity contribution in [2.24, 2.45) is 0 Å². The normalized spacial score (nSPS) is 32.8. The average Bonchev–Trinajstić information content (AvgIpc) is 1.88. The molecule has 0 radical (unpaired) electrons. The average molecular weight is 196 g/mol. The number of allylic oxidation sites excluding steroid dienone is 1. The molecule has 0 aromatic heterocycles. The van der Waals surface area contributed by atoms with Gasteiger partial charge < -0.3 is 9.05 Å². The number of hydrogen-bond acceptors (Lipinski definition) is 4. The molecule has 0 saturated heterocycles. The van der Waals surface area contributed by atoms with Crippen molar-refractivity contribution in [3.63, 3.8) is 0 Å². The molecule has 0 aromatic rings. The van der Waals surface area contributed by atoms with Gasteiger partial charge in [-0.1, -0.05) is 0 Å². The van der Waals surface area contributed by atoms with Gasteiger partial charge in [0.1, 0.15) is 5.76 Å². The van der Waals surface area contributed by atoms with Crippen LogP contribution in [0.15, 0.2) is 11.2 Å². The molecular weight excluding hydrogens is 187 g/mol. The molecule has 58 valence electrons. The minimum atomic E-state index is -1.92. The molecule has 0 N–H and O–H groups in total. The molecule has 0 aromatic carbocycles. The first-order valence-corrected chi connectivity index (χ1v) is 6.66. The van der Waals surface area contributed by atoms with Crippen molar-refractivity contribution in [2.45, 2.75) is 6.92 Å². The van der Waals surface area contributed by atoms with Gasteiger partial charge in [-0.15, -0.1) is 11.8 Å². The van der Waals surface area contributed by atoms with E-state index in [-0.39, 0.29) is 0 Å². The van der Waals surface area contributed by atoms with E-state index in [1.807, 2.05) is 12.3 Å². The van der Waals surface area contributed by atoms with E-state index in [2.05, 4.69) is 0 Å². The molecular formula is C5H9O2PS2. The van der Waals surface area contributed by atoms with E-state index in [1.165, 1.54) is 0 Å². The van der Waals surface area contributed by atoms with Gasteiger partial charge in [-0.25, -0.2) is 0 Å². The van der Waals surface area contributed by atoms with E-state index in [0.29, 0.717) is 0 Å². The van der Waals surface area contributed by atoms with Crippen molar-refractivity contribution in [3.8, 4) is 0 Å². The maximum absolute atomic E-state index is 5.37. The van der Waals surface area contributed by atoms with Crippen LogP contribution in [0.3, 0.4) is 0 Å². The zero-order valence-corrected chi connectivity index (χ0v) is 8.39. The molecule has 1 aliphatic rings. The smallest absolute Gasteiger partial charge is 0.247 e. The Morgan fingerprint density at radius 3 is 3.00 bits per heavy atom. The van der Waals surface area contributed by atoms with E-state index in [0.717, 1.165) is 11.3 Å². The fourth-order valence-corrected chi connectivity index (χ4v) is 4.08. The molecule has 0 saturated carbocycles. The molecule has 10 heavy (non-hydrogen) atoms. The standard InChI is InChI=1S/C5H9O2PS2/c1-5-3-10-4-8(9,6-2)7-5/h3H,4H2,1-2H3/t8-/m1/s1. The minimum Gasteiger partial charge on any atom is -0.447 e. The van der Waals surface area contributed by atoms with Crippen molar-refractivity contribution in [2.75, 3.05) is 12.6 Å². The van der Waals surface area contributed by atoms with Crippen LogP contribution in [0, 0.1) is 0 Å². The van der Waals surface area contributed by atoms with Crippen LogP contribution in [0.25, 0.3) is 0 Å². The summed E-state index contributed by atoms with van der Waals surface area (Å²) in [5.41, 5.74) is 0.788. The lowest BCUT2D eigenvalue weighted by molar-refractivity contribution is 0.349. The molecule has 0 aliphatic carbocycles. The third-order valence-corrected chi connectivity index (χ3v) is 6.14. The zero-order valence-electron chi connectivity index (χ0n) is 5.86. The number of thioether (sulfide) groups is 1. The minimum absolute atomic E-state index is 0.788. The summed E-state index contributed by atoms with van der Waals surface area (Å²) in [4.78, 5) is 0. The predicted octanol–water partition coefficient (Wildman–Crippen LogP) is 2.52. The van der Waals surface area contributed by atoms with Crippen molar-refractivity contribution in [1.29, 1.82) is 0 Å². The highest BCUT2D eigenvalue weighted by Crippen LogP contribution is 2.55. The molecule has 1 aliphatic heterocycles. The SMILES string of the molecule is CO[P@]1(=S)CSC=C(C)O1. The lowest BCUT2D eigenvalue weighted by Gasteiger charge is -2.23. The maximum Gasteiger partial charge on any atom is 0.247 e. The lowest BCUT2D eigenvalue weighted by Crippen LogP contribution is -1.96. The van der Waals surface area contributed by atoms with Crippen LogP contribution in [0.1, 0.15) is 6.92 Å². The lowest BCUT2D eigenvalue weighted by atomic mass is 10.7. The molecule has 1 heterocycles. The number of hydrogen-bond donors (Lipinski definition) is 0. The molecule has 1 rings (SSSR count). The summed E-state index contributed by atoms with van der Waals surface area (Å²) in [6.45, 7) is -0.0274. The van der Waals surface area contributed by atoms with Crippen molar-refractivity contribution in [1.82, 2.24) is 0 Å². The monoisotopic (exact) mass is 196 g/mol. The molecule has 0 fully saturated rings. The van der Waals surface area contributed by atoms with Gasteiger partial charge in [0.25, 0.3) is 0 Å². The van der Waals surface area contributed by atoms with Crippen LogP contribution in [0.5, 0.6) is 0 Å². The molecule has 1 atom stereocenters. The van der Waals surface area contributed by atoms with Gasteiger partial charge in [0.15, 0.2) is 0 Å². The fourth-order valence-electron chi connectivity index (χ4n) is 0.603. The summed E-state index contributed by atoms with van der Waals surface area (Å²) in [5.74, 6) is 0.876. The summed E-state index contributed by atoms with van der Waals surface area (Å²) in [6.07, 6.45) is 0. The van der Waals surface area contributed by atoms with E-state index in [9.17, 15) is 0 Å².